The van der Waals surface area contributed by atoms with E-state index >= 15 is 0 Å². The van der Waals surface area contributed by atoms with Crippen molar-refractivity contribution in [2.24, 2.45) is 0 Å². The van der Waals surface area contributed by atoms with Crippen molar-refractivity contribution in [2.75, 3.05) is 32.7 Å². The number of halogens is 3. The zero-order chi connectivity index (χ0) is 25.0. The molecule has 35 heavy (non-hydrogen) atoms. The smallest absolute Gasteiger partial charge is 0.335 e. The van der Waals surface area contributed by atoms with Crippen molar-refractivity contribution in [1.29, 1.82) is 0 Å². The summed E-state index contributed by atoms with van der Waals surface area (Å²) in [6, 6.07) is 15.8. The molecule has 4 rings (SSSR count). The Morgan fingerprint density at radius 1 is 1.00 bits per heavy atom. The van der Waals surface area contributed by atoms with Crippen LogP contribution < -0.4 is 5.43 Å². The van der Waals surface area contributed by atoms with Crippen LogP contribution in [0.4, 0.5) is 13.2 Å². The lowest BCUT2D eigenvalue weighted by Crippen LogP contribution is -2.49. The van der Waals surface area contributed by atoms with E-state index in [0.29, 0.717) is 31.9 Å². The van der Waals surface area contributed by atoms with Crippen LogP contribution in [0.1, 0.15) is 27.3 Å². The molecule has 0 saturated carbocycles. The zero-order valence-electron chi connectivity index (χ0n) is 19.2. The fraction of sp³-hybridized carbons (Fsp3) is 0.269. The third-order valence-corrected chi connectivity index (χ3v) is 5.86. The summed E-state index contributed by atoms with van der Waals surface area (Å²) < 4.78 is 40.6. The summed E-state index contributed by atoms with van der Waals surface area (Å²) in [6.45, 7) is 4.43. The quantitative estimate of drug-likeness (QED) is 0.551. The molecule has 1 fully saturated rings. The molecular formula is C26H25F3N4O2. The Balaban J connectivity index is 1.46. The van der Waals surface area contributed by atoms with E-state index in [2.05, 4.69) is 16.1 Å². The van der Waals surface area contributed by atoms with Crippen LogP contribution in [-0.4, -0.2) is 58.2 Å². The van der Waals surface area contributed by atoms with Gasteiger partial charge in [-0.3, -0.25) is 14.5 Å². The van der Waals surface area contributed by atoms with Gasteiger partial charge in [0.1, 0.15) is 0 Å². The van der Waals surface area contributed by atoms with Crippen LogP contribution in [0, 0.1) is 6.92 Å². The minimum atomic E-state index is -4.52. The lowest BCUT2D eigenvalue weighted by atomic mass is 10.2. The van der Waals surface area contributed by atoms with E-state index in [1.54, 1.807) is 11.8 Å². The molecule has 0 spiro atoms. The van der Waals surface area contributed by atoms with Gasteiger partial charge in [-0.1, -0.05) is 48.6 Å². The third-order valence-electron chi connectivity index (χ3n) is 5.86. The highest BCUT2D eigenvalue weighted by Gasteiger charge is 2.31. The Hall–Kier alpha value is -3.72. The predicted molar refractivity (Wildman–Crippen MR) is 127 cm³/mol. The van der Waals surface area contributed by atoms with Crippen LogP contribution in [-0.2, 0) is 6.18 Å². The van der Waals surface area contributed by atoms with Crippen molar-refractivity contribution in [3.63, 3.8) is 0 Å². The average molecular weight is 483 g/mol. The van der Waals surface area contributed by atoms with E-state index in [4.69, 9.17) is 0 Å². The molecule has 9 heteroatoms. The maximum atomic E-state index is 13.1. The van der Waals surface area contributed by atoms with Crippen LogP contribution >= 0.6 is 0 Å². The second kappa shape index (κ2) is 10.3. The summed E-state index contributed by atoms with van der Waals surface area (Å²) in [5.74, 6) is -0.518. The highest BCUT2D eigenvalue weighted by Crippen LogP contribution is 2.30. The molecular weight excluding hydrogens is 457 g/mol. The van der Waals surface area contributed by atoms with Crippen LogP contribution in [0.5, 0.6) is 0 Å². The number of rotatable bonds is 5. The summed E-state index contributed by atoms with van der Waals surface area (Å²) in [4.78, 5) is 29.4. The molecule has 1 amide bonds. The average Bonchev–Trinajstić information content (AvgIpc) is 2.84. The van der Waals surface area contributed by atoms with E-state index in [1.807, 2.05) is 36.4 Å². The van der Waals surface area contributed by atoms with Gasteiger partial charge in [0.15, 0.2) is 5.69 Å². The van der Waals surface area contributed by atoms with Crippen molar-refractivity contribution in [3.05, 3.63) is 99.5 Å². The predicted octanol–water partition coefficient (Wildman–Crippen LogP) is 4.03. The highest BCUT2D eigenvalue weighted by atomic mass is 19.4. The molecule has 1 aliphatic heterocycles. The lowest BCUT2D eigenvalue weighted by Gasteiger charge is -2.33. The number of hydrogen-bond donors (Lipinski definition) is 0. The zero-order valence-corrected chi connectivity index (χ0v) is 19.2. The first-order chi connectivity index (χ1) is 16.7. The molecule has 1 saturated heterocycles. The number of carbonyl (C=O) groups is 1. The highest BCUT2D eigenvalue weighted by molar-refractivity contribution is 5.92. The van der Waals surface area contributed by atoms with E-state index in [0.717, 1.165) is 24.2 Å². The van der Waals surface area contributed by atoms with Gasteiger partial charge in [-0.25, -0.2) is 4.68 Å². The topological polar surface area (TPSA) is 58.4 Å². The van der Waals surface area contributed by atoms with Crippen molar-refractivity contribution >= 4 is 12.0 Å². The Labute approximate surface area is 200 Å². The first-order valence-electron chi connectivity index (χ1n) is 11.2. The molecule has 1 aromatic heterocycles. The van der Waals surface area contributed by atoms with Gasteiger partial charge in [0, 0.05) is 44.5 Å². The minimum absolute atomic E-state index is 0.126. The summed E-state index contributed by atoms with van der Waals surface area (Å²) >= 11 is 0. The van der Waals surface area contributed by atoms with Gasteiger partial charge in [-0.15, -0.1) is 0 Å². The van der Waals surface area contributed by atoms with Gasteiger partial charge in [0.05, 0.1) is 11.3 Å². The first kappa shape index (κ1) is 24.4. The summed E-state index contributed by atoms with van der Waals surface area (Å²) in [6.07, 6.45) is -0.399. The monoisotopic (exact) mass is 482 g/mol. The van der Waals surface area contributed by atoms with Gasteiger partial charge >= 0.3 is 6.18 Å². The molecule has 6 nitrogen and oxygen atoms in total. The number of carbonyl (C=O) groups excluding carboxylic acids is 1. The van der Waals surface area contributed by atoms with Crippen LogP contribution in [0.3, 0.4) is 0 Å². The number of piperazine rings is 1. The minimum Gasteiger partial charge on any atom is -0.335 e. The number of alkyl halides is 3. The summed E-state index contributed by atoms with van der Waals surface area (Å²) in [7, 11) is 0. The number of nitrogens with zero attached hydrogens (tertiary/aromatic N) is 4. The molecule has 0 unspecified atom stereocenters. The van der Waals surface area contributed by atoms with Crippen LogP contribution in [0.2, 0.25) is 0 Å². The van der Waals surface area contributed by atoms with Crippen molar-refractivity contribution in [2.45, 2.75) is 13.1 Å². The molecule has 0 radical (unpaired) electrons. The van der Waals surface area contributed by atoms with Gasteiger partial charge in [0.25, 0.3) is 5.91 Å². The van der Waals surface area contributed by atoms with E-state index in [9.17, 15) is 22.8 Å². The Bertz CT molecular complexity index is 1280. The van der Waals surface area contributed by atoms with Gasteiger partial charge in [0.2, 0.25) is 5.43 Å². The van der Waals surface area contributed by atoms with Crippen molar-refractivity contribution < 1.29 is 18.0 Å². The maximum Gasteiger partial charge on any atom is 0.416 e. The van der Waals surface area contributed by atoms with Gasteiger partial charge in [-0.05, 0) is 30.7 Å². The van der Waals surface area contributed by atoms with Gasteiger partial charge in [-0.2, -0.15) is 18.3 Å². The first-order valence-corrected chi connectivity index (χ1v) is 11.2. The molecule has 1 aliphatic rings. The van der Waals surface area contributed by atoms with Crippen molar-refractivity contribution in [1.82, 2.24) is 19.6 Å². The number of benzene rings is 2. The third kappa shape index (κ3) is 5.86. The fourth-order valence-electron chi connectivity index (χ4n) is 3.96. The van der Waals surface area contributed by atoms with Gasteiger partial charge < -0.3 is 4.90 Å². The molecule has 2 aromatic carbocycles. The van der Waals surface area contributed by atoms with Crippen molar-refractivity contribution in [3.8, 4) is 5.69 Å². The van der Waals surface area contributed by atoms with E-state index < -0.39 is 23.1 Å². The molecule has 2 heterocycles. The fourth-order valence-corrected chi connectivity index (χ4v) is 3.96. The second-order valence-corrected chi connectivity index (χ2v) is 8.36. The second-order valence-electron chi connectivity index (χ2n) is 8.36. The van der Waals surface area contributed by atoms with E-state index in [-0.39, 0.29) is 11.4 Å². The Kier molecular flexibility index (Phi) is 7.16. The molecule has 0 aliphatic carbocycles. The summed E-state index contributed by atoms with van der Waals surface area (Å²) in [5.41, 5.74) is -0.110. The summed E-state index contributed by atoms with van der Waals surface area (Å²) in [5, 5.41) is 4.16. The Morgan fingerprint density at radius 2 is 1.71 bits per heavy atom. The number of amides is 1. The standard InChI is InChI=1S/C26H25F3N4O2/c1-19-17-23(34)24(30-33(19)22-11-5-10-21(18-22)26(27,28)29)25(35)32-15-13-31(14-16-32)12-6-9-20-7-3-2-4-8-20/h2-11,17-18H,12-16H2,1H3. The van der Waals surface area contributed by atoms with Crippen LogP contribution in [0.15, 0.2) is 71.5 Å². The molecule has 3 aromatic rings. The Morgan fingerprint density at radius 3 is 2.40 bits per heavy atom. The molecule has 0 N–H and O–H groups in total. The normalized spacial score (nSPS) is 15.0. The number of aryl methyl sites for hydroxylation is 1. The molecule has 0 atom stereocenters. The number of hydrogen-bond acceptors (Lipinski definition) is 4. The molecule has 0 bridgehead atoms. The number of aromatic nitrogens is 2. The van der Waals surface area contributed by atoms with E-state index in [1.165, 1.54) is 22.9 Å². The largest absolute Gasteiger partial charge is 0.416 e. The maximum absolute atomic E-state index is 13.1. The SMILES string of the molecule is Cc1cc(=O)c(C(=O)N2CCN(CC=Cc3ccccc3)CC2)nn1-c1cccc(C(F)(F)F)c1. The molecule has 182 valence electrons. The lowest BCUT2D eigenvalue weighted by molar-refractivity contribution is -0.137. The van der Waals surface area contributed by atoms with Crippen LogP contribution in [0.25, 0.3) is 11.8 Å².